The minimum atomic E-state index is -2.76. The molecule has 1 N–H and O–H groups in total. The minimum Gasteiger partial charge on any atom is -0.313 e. The van der Waals surface area contributed by atoms with Crippen molar-refractivity contribution in [3.05, 3.63) is 0 Å². The van der Waals surface area contributed by atoms with Crippen LogP contribution in [0.3, 0.4) is 0 Å². The van der Waals surface area contributed by atoms with E-state index in [1.165, 1.54) is 32.1 Å². The Kier molecular flexibility index (Phi) is 5.91. The molecule has 20 heavy (non-hydrogen) atoms. The Labute approximate surface area is 124 Å². The van der Waals surface area contributed by atoms with Gasteiger partial charge in [-0.05, 0) is 50.0 Å². The van der Waals surface area contributed by atoms with E-state index in [-0.39, 0.29) is 0 Å². The fourth-order valence-electron chi connectivity index (χ4n) is 4.09. The number of rotatable bonds is 6. The van der Waals surface area contributed by atoms with E-state index < -0.39 is 9.84 Å². The maximum absolute atomic E-state index is 11.8. The Bertz CT molecular complexity index is 385. The monoisotopic (exact) mass is 301 g/mol. The maximum atomic E-state index is 11.8. The first-order valence-corrected chi connectivity index (χ1v) is 10.3. The van der Waals surface area contributed by atoms with Crippen molar-refractivity contribution >= 4 is 9.84 Å². The summed E-state index contributed by atoms with van der Waals surface area (Å²) in [5, 5.41) is 3.69. The molecule has 0 bridgehead atoms. The number of sulfone groups is 1. The number of hydrogen-bond acceptors (Lipinski definition) is 3. The number of hydrogen-bond donors (Lipinski definition) is 1. The van der Waals surface area contributed by atoms with Crippen molar-refractivity contribution in [1.29, 1.82) is 0 Å². The second-order valence-electron chi connectivity index (χ2n) is 6.83. The van der Waals surface area contributed by atoms with Gasteiger partial charge in [-0.2, -0.15) is 0 Å². The van der Waals surface area contributed by atoms with E-state index in [2.05, 4.69) is 19.2 Å². The highest BCUT2D eigenvalue weighted by Gasteiger charge is 2.38. The van der Waals surface area contributed by atoms with E-state index in [9.17, 15) is 8.42 Å². The van der Waals surface area contributed by atoms with Crippen LogP contribution in [0, 0.1) is 17.8 Å². The molecule has 0 spiro atoms. The van der Waals surface area contributed by atoms with Crippen LogP contribution in [0.5, 0.6) is 0 Å². The van der Waals surface area contributed by atoms with Gasteiger partial charge in [0.2, 0.25) is 0 Å². The van der Waals surface area contributed by atoms with Crippen molar-refractivity contribution in [3.8, 4) is 0 Å². The second kappa shape index (κ2) is 7.26. The van der Waals surface area contributed by atoms with Crippen molar-refractivity contribution < 1.29 is 8.42 Å². The molecule has 118 valence electrons. The summed E-state index contributed by atoms with van der Waals surface area (Å²) in [7, 11) is -2.76. The van der Waals surface area contributed by atoms with Gasteiger partial charge in [0.25, 0.3) is 0 Å². The third-order valence-electron chi connectivity index (χ3n) is 5.38. The van der Waals surface area contributed by atoms with Crippen LogP contribution in [-0.2, 0) is 9.84 Å². The predicted octanol–water partition coefficient (Wildman–Crippen LogP) is 3.01. The summed E-state index contributed by atoms with van der Waals surface area (Å²) in [6.07, 6.45) is 8.55. The summed E-state index contributed by atoms with van der Waals surface area (Å²) < 4.78 is 23.5. The van der Waals surface area contributed by atoms with Crippen LogP contribution in [0.25, 0.3) is 0 Å². The Morgan fingerprint density at radius 1 is 1.05 bits per heavy atom. The first-order chi connectivity index (χ1) is 9.55. The molecule has 0 aromatic rings. The summed E-state index contributed by atoms with van der Waals surface area (Å²) in [6.45, 7) is 5.50. The highest BCUT2D eigenvalue weighted by molar-refractivity contribution is 7.91. The summed E-state index contributed by atoms with van der Waals surface area (Å²) in [5.41, 5.74) is 0. The van der Waals surface area contributed by atoms with Gasteiger partial charge in [-0.15, -0.1) is 0 Å². The largest absolute Gasteiger partial charge is 0.313 e. The Balaban J connectivity index is 1.97. The molecule has 0 amide bonds. The topological polar surface area (TPSA) is 46.2 Å². The molecular formula is C16H31NO2S. The predicted molar refractivity (Wildman–Crippen MR) is 84.6 cm³/mol. The van der Waals surface area contributed by atoms with E-state index in [4.69, 9.17) is 0 Å². The molecular weight excluding hydrogens is 270 g/mol. The quantitative estimate of drug-likeness (QED) is 0.820. The van der Waals surface area contributed by atoms with Crippen molar-refractivity contribution in [1.82, 2.24) is 5.32 Å². The summed E-state index contributed by atoms with van der Waals surface area (Å²) in [4.78, 5) is 0. The zero-order valence-electron chi connectivity index (χ0n) is 13.1. The molecule has 0 radical (unpaired) electrons. The highest BCUT2D eigenvalue weighted by Crippen LogP contribution is 2.36. The third kappa shape index (κ3) is 4.20. The van der Waals surface area contributed by atoms with Gasteiger partial charge in [-0.1, -0.05) is 33.1 Å². The second-order valence-corrected chi connectivity index (χ2v) is 9.06. The third-order valence-corrected chi connectivity index (χ3v) is 7.18. The van der Waals surface area contributed by atoms with E-state index >= 15 is 0 Å². The van der Waals surface area contributed by atoms with E-state index in [1.807, 2.05) is 0 Å². The lowest BCUT2D eigenvalue weighted by Crippen LogP contribution is -2.44. The standard InChI is InChI=1S/C16H31NO2S/c1-3-10-17-16(15-9-11-20(18,19)12-15)14-7-5-13(4-2)6-8-14/h13-17H,3-12H2,1-2H3. The summed E-state index contributed by atoms with van der Waals surface area (Å²) in [6, 6.07) is 0.435. The Morgan fingerprint density at radius 3 is 2.25 bits per heavy atom. The maximum Gasteiger partial charge on any atom is 0.150 e. The van der Waals surface area contributed by atoms with Crippen molar-refractivity contribution in [3.63, 3.8) is 0 Å². The molecule has 1 aliphatic carbocycles. The molecule has 4 heteroatoms. The average Bonchev–Trinajstić information content (AvgIpc) is 2.80. The smallest absolute Gasteiger partial charge is 0.150 e. The molecule has 1 saturated carbocycles. The van der Waals surface area contributed by atoms with Crippen LogP contribution in [0.15, 0.2) is 0 Å². The van der Waals surface area contributed by atoms with Crippen LogP contribution < -0.4 is 5.32 Å². The first kappa shape index (κ1) is 16.3. The highest BCUT2D eigenvalue weighted by atomic mass is 32.2. The molecule has 1 aliphatic heterocycles. The van der Waals surface area contributed by atoms with Crippen LogP contribution in [-0.4, -0.2) is 32.5 Å². The lowest BCUT2D eigenvalue weighted by atomic mass is 9.74. The van der Waals surface area contributed by atoms with Crippen LogP contribution in [0.2, 0.25) is 0 Å². The van der Waals surface area contributed by atoms with Crippen molar-refractivity contribution in [2.24, 2.45) is 17.8 Å². The van der Waals surface area contributed by atoms with Gasteiger partial charge in [0, 0.05) is 6.04 Å². The number of nitrogens with one attached hydrogen (secondary N) is 1. The molecule has 2 atom stereocenters. The molecule has 3 nitrogen and oxygen atoms in total. The van der Waals surface area contributed by atoms with Gasteiger partial charge < -0.3 is 5.32 Å². The van der Waals surface area contributed by atoms with Gasteiger partial charge in [0.1, 0.15) is 0 Å². The lowest BCUT2D eigenvalue weighted by molar-refractivity contribution is 0.183. The fraction of sp³-hybridized carbons (Fsp3) is 1.00. The summed E-state index contributed by atoms with van der Waals surface area (Å²) in [5.74, 6) is 2.79. The Hall–Kier alpha value is -0.0900. The van der Waals surface area contributed by atoms with Crippen LogP contribution in [0.1, 0.15) is 58.8 Å². The van der Waals surface area contributed by atoms with Gasteiger partial charge >= 0.3 is 0 Å². The van der Waals surface area contributed by atoms with Gasteiger partial charge in [-0.3, -0.25) is 0 Å². The normalized spacial score (nSPS) is 35.0. The minimum absolute atomic E-state index is 0.356. The molecule has 2 rings (SSSR count). The van der Waals surface area contributed by atoms with Crippen molar-refractivity contribution in [2.45, 2.75) is 64.8 Å². The SMILES string of the molecule is CCCNC(C1CCC(CC)CC1)C1CCS(=O)(=O)C1. The van der Waals surface area contributed by atoms with E-state index in [1.54, 1.807) is 0 Å². The summed E-state index contributed by atoms with van der Waals surface area (Å²) >= 11 is 0. The molecule has 0 aromatic heterocycles. The van der Waals surface area contributed by atoms with Gasteiger partial charge in [-0.25, -0.2) is 8.42 Å². The molecule has 0 aromatic carbocycles. The first-order valence-electron chi connectivity index (χ1n) is 8.49. The molecule has 1 heterocycles. The van der Waals surface area contributed by atoms with Gasteiger partial charge in [0.05, 0.1) is 11.5 Å². The fourth-order valence-corrected chi connectivity index (χ4v) is 5.95. The van der Waals surface area contributed by atoms with Crippen LogP contribution in [0.4, 0.5) is 0 Å². The van der Waals surface area contributed by atoms with E-state index in [0.717, 1.165) is 25.3 Å². The molecule has 2 aliphatic rings. The Morgan fingerprint density at radius 2 is 1.75 bits per heavy atom. The average molecular weight is 301 g/mol. The molecule has 2 unspecified atom stereocenters. The van der Waals surface area contributed by atoms with Gasteiger partial charge in [0.15, 0.2) is 9.84 Å². The molecule has 1 saturated heterocycles. The zero-order valence-corrected chi connectivity index (χ0v) is 13.9. The van der Waals surface area contributed by atoms with Crippen molar-refractivity contribution in [2.75, 3.05) is 18.1 Å². The van der Waals surface area contributed by atoms with Crippen LogP contribution >= 0.6 is 0 Å². The van der Waals surface area contributed by atoms with E-state index in [0.29, 0.717) is 29.4 Å². The molecule has 2 fully saturated rings. The lowest BCUT2D eigenvalue weighted by Gasteiger charge is -2.37. The zero-order chi connectivity index (χ0) is 14.6.